The number of likely N-dealkylation sites (tertiary alicyclic amines) is 1. The summed E-state index contributed by atoms with van der Waals surface area (Å²) in [6.07, 6.45) is 1.48. The number of rotatable bonds is 7. The molecule has 1 heterocycles. The first-order valence-electron chi connectivity index (χ1n) is 8.36. The molecule has 136 valence electrons. The lowest BCUT2D eigenvalue weighted by molar-refractivity contribution is -0.140. The van der Waals surface area contributed by atoms with Crippen LogP contribution < -0.4 is 5.32 Å². The molecule has 1 atom stereocenters. The Kier molecular flexibility index (Phi) is 6.91. The highest BCUT2D eigenvalue weighted by molar-refractivity contribution is 5.84. The molecule has 0 bridgehead atoms. The van der Waals surface area contributed by atoms with E-state index in [0.29, 0.717) is 32.4 Å². The van der Waals surface area contributed by atoms with Crippen LogP contribution in [0.15, 0.2) is 24.3 Å². The van der Waals surface area contributed by atoms with Gasteiger partial charge in [0.05, 0.1) is 19.4 Å². The Morgan fingerprint density at radius 3 is 2.92 bits per heavy atom. The Balaban J connectivity index is 1.82. The zero-order chi connectivity index (χ0) is 18.2. The van der Waals surface area contributed by atoms with Crippen molar-refractivity contribution >= 4 is 17.8 Å². The zero-order valence-corrected chi connectivity index (χ0v) is 14.3. The van der Waals surface area contributed by atoms with E-state index in [4.69, 9.17) is 0 Å². The molecule has 2 amide bonds. The fourth-order valence-corrected chi connectivity index (χ4v) is 2.84. The molecule has 0 unspecified atom stereocenters. The Morgan fingerprint density at radius 2 is 2.20 bits per heavy atom. The van der Waals surface area contributed by atoms with Crippen LogP contribution in [0.2, 0.25) is 0 Å². The summed E-state index contributed by atoms with van der Waals surface area (Å²) in [7, 11) is 1.30. The first-order chi connectivity index (χ1) is 12.0. The lowest BCUT2D eigenvalue weighted by atomic mass is 9.96. The van der Waals surface area contributed by atoms with Gasteiger partial charge in [0.2, 0.25) is 11.8 Å². The van der Waals surface area contributed by atoms with Crippen molar-refractivity contribution in [2.24, 2.45) is 5.92 Å². The van der Waals surface area contributed by atoms with Gasteiger partial charge in [0.25, 0.3) is 0 Å². The van der Waals surface area contributed by atoms with Crippen LogP contribution in [0, 0.1) is 11.7 Å². The molecule has 0 aromatic heterocycles. The molecule has 1 aromatic rings. The first-order valence-corrected chi connectivity index (χ1v) is 8.36. The normalized spacial score (nSPS) is 17.3. The third kappa shape index (κ3) is 5.85. The van der Waals surface area contributed by atoms with Gasteiger partial charge in [0, 0.05) is 26.1 Å². The van der Waals surface area contributed by atoms with E-state index in [0.717, 1.165) is 5.56 Å². The maximum atomic E-state index is 13.2. The highest BCUT2D eigenvalue weighted by Crippen LogP contribution is 2.18. The summed E-state index contributed by atoms with van der Waals surface area (Å²) in [6, 6.07) is 6.28. The average Bonchev–Trinajstić information content (AvgIpc) is 2.60. The van der Waals surface area contributed by atoms with E-state index in [1.165, 1.54) is 19.2 Å². The summed E-state index contributed by atoms with van der Waals surface area (Å²) in [5.74, 6) is -1.12. The van der Waals surface area contributed by atoms with Crippen LogP contribution >= 0.6 is 0 Å². The van der Waals surface area contributed by atoms with Gasteiger partial charge in [0.15, 0.2) is 0 Å². The molecule has 0 aliphatic carbocycles. The van der Waals surface area contributed by atoms with E-state index >= 15 is 0 Å². The molecule has 6 nitrogen and oxygen atoms in total. The molecule has 1 aliphatic rings. The molecule has 1 aromatic carbocycles. The molecule has 1 N–H and O–H groups in total. The predicted octanol–water partition coefficient (Wildman–Crippen LogP) is 1.29. The molecule has 7 heteroatoms. The van der Waals surface area contributed by atoms with Crippen LogP contribution in [0.3, 0.4) is 0 Å². The van der Waals surface area contributed by atoms with Gasteiger partial charge in [-0.15, -0.1) is 0 Å². The Labute approximate surface area is 146 Å². The number of nitrogens with one attached hydrogen (secondary N) is 1. The Bertz CT molecular complexity index is 635. The molecular weight excluding hydrogens is 327 g/mol. The molecule has 0 radical (unpaired) electrons. The van der Waals surface area contributed by atoms with Gasteiger partial charge in [0.1, 0.15) is 5.82 Å². The number of amides is 2. The fraction of sp³-hybridized carbons (Fsp3) is 0.500. The number of halogens is 1. The number of ether oxygens (including phenoxy) is 1. The molecule has 1 saturated heterocycles. The average molecular weight is 350 g/mol. The molecule has 1 fully saturated rings. The maximum Gasteiger partial charge on any atom is 0.307 e. The number of methoxy groups -OCH3 is 1. The quantitative estimate of drug-likeness (QED) is 0.752. The number of hydrogen-bond donors (Lipinski definition) is 1. The summed E-state index contributed by atoms with van der Waals surface area (Å²) in [5.41, 5.74) is 0.817. The molecule has 0 saturated carbocycles. The van der Waals surface area contributed by atoms with Crippen molar-refractivity contribution in [1.82, 2.24) is 10.2 Å². The number of nitrogens with zero attached hydrogens (tertiary/aromatic N) is 1. The van der Waals surface area contributed by atoms with E-state index in [1.54, 1.807) is 11.0 Å². The second-order valence-electron chi connectivity index (χ2n) is 6.07. The van der Waals surface area contributed by atoms with Crippen molar-refractivity contribution in [2.45, 2.75) is 25.7 Å². The molecule has 0 spiro atoms. The number of carbonyl (C=O) groups is 3. The summed E-state index contributed by atoms with van der Waals surface area (Å²) in [5, 5.41) is 2.71. The Hall–Kier alpha value is -2.44. The smallest absolute Gasteiger partial charge is 0.307 e. The van der Waals surface area contributed by atoms with Crippen LogP contribution in [0.5, 0.6) is 0 Å². The highest BCUT2D eigenvalue weighted by Gasteiger charge is 2.29. The lowest BCUT2D eigenvalue weighted by Gasteiger charge is -2.32. The van der Waals surface area contributed by atoms with Crippen molar-refractivity contribution < 1.29 is 23.5 Å². The molecule has 1 aliphatic heterocycles. The van der Waals surface area contributed by atoms with Crippen molar-refractivity contribution in [1.29, 1.82) is 0 Å². The first kappa shape index (κ1) is 18.9. The molecule has 25 heavy (non-hydrogen) atoms. The van der Waals surface area contributed by atoms with Crippen molar-refractivity contribution in [3.05, 3.63) is 35.6 Å². The summed E-state index contributed by atoms with van der Waals surface area (Å²) < 4.78 is 17.7. The maximum absolute atomic E-state index is 13.2. The zero-order valence-electron chi connectivity index (χ0n) is 14.3. The predicted molar refractivity (Wildman–Crippen MR) is 89.1 cm³/mol. The number of piperidine rings is 1. The lowest BCUT2D eigenvalue weighted by Crippen LogP contribution is -2.46. The van der Waals surface area contributed by atoms with Gasteiger partial charge in [-0.1, -0.05) is 12.1 Å². The van der Waals surface area contributed by atoms with Crippen LogP contribution in [0.25, 0.3) is 0 Å². The number of carbonyl (C=O) groups excluding carboxylic acids is 3. The number of benzene rings is 1. The number of esters is 1. The van der Waals surface area contributed by atoms with E-state index < -0.39 is 0 Å². The fourth-order valence-electron chi connectivity index (χ4n) is 2.84. The summed E-state index contributed by atoms with van der Waals surface area (Å²) >= 11 is 0. The topological polar surface area (TPSA) is 75.7 Å². The summed E-state index contributed by atoms with van der Waals surface area (Å²) in [4.78, 5) is 36.9. The minimum atomic E-state index is -0.379. The van der Waals surface area contributed by atoms with Crippen LogP contribution in [0.1, 0.15) is 24.8 Å². The largest absolute Gasteiger partial charge is 0.469 e. The van der Waals surface area contributed by atoms with Crippen molar-refractivity contribution in [3.8, 4) is 0 Å². The minimum absolute atomic E-state index is 0.00927. The second-order valence-corrected chi connectivity index (χ2v) is 6.07. The van der Waals surface area contributed by atoms with Crippen molar-refractivity contribution in [2.75, 3.05) is 26.7 Å². The van der Waals surface area contributed by atoms with Gasteiger partial charge in [-0.3, -0.25) is 14.4 Å². The van der Waals surface area contributed by atoms with Gasteiger partial charge in [-0.2, -0.15) is 0 Å². The van der Waals surface area contributed by atoms with Gasteiger partial charge in [-0.25, -0.2) is 4.39 Å². The van der Waals surface area contributed by atoms with Gasteiger partial charge in [-0.05, 0) is 30.5 Å². The van der Waals surface area contributed by atoms with Gasteiger partial charge < -0.3 is 15.0 Å². The second kappa shape index (κ2) is 9.15. The van der Waals surface area contributed by atoms with Crippen LogP contribution in [-0.2, 0) is 25.5 Å². The van der Waals surface area contributed by atoms with E-state index in [2.05, 4.69) is 10.1 Å². The third-order valence-electron chi connectivity index (χ3n) is 4.29. The molecule has 2 rings (SSSR count). The van der Waals surface area contributed by atoms with Gasteiger partial charge >= 0.3 is 5.97 Å². The summed E-state index contributed by atoms with van der Waals surface area (Å²) in [6.45, 7) is 1.02. The standard InChI is InChI=1S/C18H23FN2O4/c1-25-17(23)7-9-20-18(24)14-5-6-16(22)21(12-14)10-8-13-3-2-4-15(19)11-13/h2-4,11,14H,5-10,12H2,1H3,(H,20,24)/t14-/m1/s1. The van der Waals surface area contributed by atoms with E-state index in [-0.39, 0.29) is 42.5 Å². The number of hydrogen-bond acceptors (Lipinski definition) is 4. The van der Waals surface area contributed by atoms with E-state index in [9.17, 15) is 18.8 Å². The van der Waals surface area contributed by atoms with E-state index in [1.807, 2.05) is 6.07 Å². The van der Waals surface area contributed by atoms with Crippen molar-refractivity contribution in [3.63, 3.8) is 0 Å². The van der Waals surface area contributed by atoms with Crippen LogP contribution in [-0.4, -0.2) is 49.4 Å². The molecular formula is C18H23FN2O4. The third-order valence-corrected chi connectivity index (χ3v) is 4.29. The highest BCUT2D eigenvalue weighted by atomic mass is 19.1. The Morgan fingerprint density at radius 1 is 1.40 bits per heavy atom. The minimum Gasteiger partial charge on any atom is -0.469 e. The monoisotopic (exact) mass is 350 g/mol. The SMILES string of the molecule is COC(=O)CCNC(=O)[C@@H]1CCC(=O)N(CCc2cccc(F)c2)C1. The van der Waals surface area contributed by atoms with Crippen LogP contribution in [0.4, 0.5) is 4.39 Å².